The molecule has 0 unspecified atom stereocenters. The number of fused-ring (bicyclic) bond motifs is 2. The van der Waals surface area contributed by atoms with Gasteiger partial charge in [0.05, 0.1) is 16.1 Å². The van der Waals surface area contributed by atoms with E-state index in [-0.39, 0.29) is 39.8 Å². The van der Waals surface area contributed by atoms with E-state index in [1.165, 1.54) is 41.0 Å². The van der Waals surface area contributed by atoms with Crippen LogP contribution < -0.4 is 10.9 Å². The number of amidine groups is 1. The number of aromatic nitrogens is 1. The Morgan fingerprint density at radius 1 is 1.19 bits per heavy atom. The molecular weight excluding hydrogens is 436 g/mol. The number of aromatic hydroxyl groups is 1. The van der Waals surface area contributed by atoms with Crippen molar-refractivity contribution in [3.05, 3.63) is 68.5 Å². The minimum atomic E-state index is -4.16. The molecule has 166 valence electrons. The molecule has 1 aliphatic rings. The number of anilines is 1. The average molecular weight is 456 g/mol. The van der Waals surface area contributed by atoms with E-state index >= 15 is 0 Å². The normalized spacial score (nSPS) is 14.7. The van der Waals surface area contributed by atoms with Crippen molar-refractivity contribution in [2.24, 2.45) is 10.3 Å². The highest BCUT2D eigenvalue weighted by molar-refractivity contribution is 7.90. The number of benzene rings is 2. The van der Waals surface area contributed by atoms with Crippen molar-refractivity contribution < 1.29 is 18.4 Å². The first-order valence-corrected chi connectivity index (χ1v) is 11.3. The Hall–Kier alpha value is -3.73. The van der Waals surface area contributed by atoms with Gasteiger partial charge in [-0.3, -0.25) is 14.9 Å². The molecule has 0 amide bonds. The van der Waals surface area contributed by atoms with E-state index in [1.807, 2.05) is 13.8 Å². The Balaban J connectivity index is 2.06. The van der Waals surface area contributed by atoms with Crippen LogP contribution in [0.4, 0.5) is 11.4 Å². The van der Waals surface area contributed by atoms with Crippen molar-refractivity contribution in [3.8, 4) is 5.75 Å². The van der Waals surface area contributed by atoms with Crippen molar-refractivity contribution in [2.75, 3.05) is 5.32 Å². The number of hydrogen-bond acceptors (Lipinski definition) is 7. The molecule has 4 rings (SSSR count). The first kappa shape index (κ1) is 21.5. The van der Waals surface area contributed by atoms with Gasteiger partial charge >= 0.3 is 0 Å². The molecule has 1 aromatic heterocycles. The quantitative estimate of drug-likeness (QED) is 0.443. The van der Waals surface area contributed by atoms with Crippen LogP contribution in [-0.2, 0) is 16.6 Å². The Bertz CT molecular complexity index is 1460. The van der Waals surface area contributed by atoms with E-state index in [0.717, 1.165) is 0 Å². The third-order valence-electron chi connectivity index (χ3n) is 5.24. The summed E-state index contributed by atoms with van der Waals surface area (Å²) in [6.45, 7) is 4.15. The van der Waals surface area contributed by atoms with Gasteiger partial charge in [0.15, 0.2) is 5.84 Å². The fourth-order valence-electron chi connectivity index (χ4n) is 3.66. The number of pyridine rings is 1. The zero-order valence-electron chi connectivity index (χ0n) is 17.3. The minimum Gasteiger partial charge on any atom is -0.506 e. The molecule has 2 heterocycles. The molecule has 0 spiro atoms. The van der Waals surface area contributed by atoms with Crippen LogP contribution in [0.25, 0.3) is 10.9 Å². The third kappa shape index (κ3) is 3.50. The lowest BCUT2D eigenvalue weighted by Gasteiger charge is -2.20. The molecule has 11 heteroatoms. The molecule has 0 saturated carbocycles. The number of non-ortho nitro benzene ring substituents is 1. The second kappa shape index (κ2) is 7.75. The highest BCUT2D eigenvalue weighted by Gasteiger charge is 2.31. The monoisotopic (exact) mass is 456 g/mol. The summed E-state index contributed by atoms with van der Waals surface area (Å²) in [5, 5.41) is 25.3. The number of nitro benzene ring substituents is 1. The molecular formula is C21H20N4O6S. The number of rotatable bonds is 5. The zero-order chi connectivity index (χ0) is 23.2. The zero-order valence-corrected chi connectivity index (χ0v) is 18.1. The number of para-hydroxylation sites is 1. The molecule has 10 nitrogen and oxygen atoms in total. The Morgan fingerprint density at radius 3 is 2.59 bits per heavy atom. The van der Waals surface area contributed by atoms with Crippen molar-refractivity contribution in [1.29, 1.82) is 0 Å². The maximum Gasteiger partial charge on any atom is 0.286 e. The van der Waals surface area contributed by atoms with E-state index in [0.29, 0.717) is 6.42 Å². The molecule has 0 atom stereocenters. The molecule has 1 aliphatic heterocycles. The van der Waals surface area contributed by atoms with Gasteiger partial charge < -0.3 is 15.0 Å². The van der Waals surface area contributed by atoms with Crippen molar-refractivity contribution >= 4 is 38.1 Å². The highest BCUT2D eigenvalue weighted by Crippen LogP contribution is 2.36. The average Bonchev–Trinajstić information content (AvgIpc) is 2.72. The predicted octanol–water partition coefficient (Wildman–Crippen LogP) is 3.22. The first-order chi connectivity index (χ1) is 15.1. The summed E-state index contributed by atoms with van der Waals surface area (Å²) >= 11 is 0. The van der Waals surface area contributed by atoms with E-state index in [1.54, 1.807) is 6.07 Å². The van der Waals surface area contributed by atoms with Gasteiger partial charge in [-0.1, -0.05) is 32.0 Å². The summed E-state index contributed by atoms with van der Waals surface area (Å²) in [5.41, 5.74) is -1.16. The van der Waals surface area contributed by atoms with Crippen LogP contribution in [0.5, 0.6) is 5.75 Å². The van der Waals surface area contributed by atoms with Gasteiger partial charge in [0.25, 0.3) is 21.3 Å². The maximum atomic E-state index is 13.4. The molecule has 0 bridgehead atoms. The van der Waals surface area contributed by atoms with Crippen molar-refractivity contribution in [2.45, 2.75) is 31.7 Å². The SMILES string of the molecule is CC(C)CCn1c(=O)c(C2=NS(=O)(=O)c3ccccc3N2)c(O)c2c([N+](=O)[O-])cccc21. The third-order valence-corrected chi connectivity index (χ3v) is 6.57. The molecule has 2 aromatic carbocycles. The molecule has 2 N–H and O–H groups in total. The minimum absolute atomic E-state index is 0.0739. The van der Waals surface area contributed by atoms with E-state index < -0.39 is 37.5 Å². The maximum absolute atomic E-state index is 13.4. The number of sulfonamides is 1. The number of nitro groups is 1. The van der Waals surface area contributed by atoms with Gasteiger partial charge in [-0.15, -0.1) is 4.40 Å². The summed E-state index contributed by atoms with van der Waals surface area (Å²) in [6, 6.07) is 10.2. The van der Waals surface area contributed by atoms with Gasteiger partial charge in [-0.2, -0.15) is 8.42 Å². The first-order valence-electron chi connectivity index (χ1n) is 9.86. The van der Waals surface area contributed by atoms with Crippen LogP contribution in [0.2, 0.25) is 0 Å². The lowest BCUT2D eigenvalue weighted by Crippen LogP contribution is -2.33. The van der Waals surface area contributed by atoms with Gasteiger partial charge in [-0.25, -0.2) is 0 Å². The summed E-state index contributed by atoms with van der Waals surface area (Å²) in [5.74, 6) is -0.853. The van der Waals surface area contributed by atoms with Gasteiger partial charge in [-0.05, 0) is 30.5 Å². The topological polar surface area (TPSA) is 144 Å². The standard InChI is InChI=1S/C21H20N4O6S/c1-12(2)10-11-24-14-7-5-8-15(25(28)29)17(14)19(26)18(21(24)27)20-22-13-6-3-4-9-16(13)32(30,31)23-20/h3-9,12,26H,10-11H2,1-2H3,(H,22,23). The molecule has 0 saturated heterocycles. The lowest BCUT2D eigenvalue weighted by molar-refractivity contribution is -0.383. The summed E-state index contributed by atoms with van der Waals surface area (Å²) in [7, 11) is -4.16. The van der Waals surface area contributed by atoms with Crippen LogP contribution in [0.1, 0.15) is 25.8 Å². The van der Waals surface area contributed by atoms with E-state index in [4.69, 9.17) is 0 Å². The van der Waals surface area contributed by atoms with Gasteiger partial charge in [0.2, 0.25) is 0 Å². The highest BCUT2D eigenvalue weighted by atomic mass is 32.2. The van der Waals surface area contributed by atoms with Crippen molar-refractivity contribution in [3.63, 3.8) is 0 Å². The molecule has 0 aliphatic carbocycles. The van der Waals surface area contributed by atoms with Crippen LogP contribution in [0.15, 0.2) is 56.6 Å². The van der Waals surface area contributed by atoms with Crippen LogP contribution in [0, 0.1) is 16.0 Å². The molecule has 0 fully saturated rings. The predicted molar refractivity (Wildman–Crippen MR) is 120 cm³/mol. The van der Waals surface area contributed by atoms with Gasteiger partial charge in [0.1, 0.15) is 21.6 Å². The number of nitrogens with zero attached hydrogens (tertiary/aromatic N) is 3. The van der Waals surface area contributed by atoms with E-state index in [9.17, 15) is 28.4 Å². The molecule has 3 aromatic rings. The van der Waals surface area contributed by atoms with Crippen LogP contribution in [-0.4, -0.2) is 28.9 Å². The fourth-order valence-corrected chi connectivity index (χ4v) is 4.79. The van der Waals surface area contributed by atoms with Crippen LogP contribution in [0.3, 0.4) is 0 Å². The Kier molecular flexibility index (Phi) is 5.21. The fraction of sp³-hybridized carbons (Fsp3) is 0.238. The summed E-state index contributed by atoms with van der Waals surface area (Å²) < 4.78 is 30.4. The second-order valence-electron chi connectivity index (χ2n) is 7.83. The van der Waals surface area contributed by atoms with Gasteiger partial charge in [0, 0.05) is 12.6 Å². The Morgan fingerprint density at radius 2 is 1.91 bits per heavy atom. The van der Waals surface area contributed by atoms with E-state index in [2.05, 4.69) is 9.71 Å². The molecule has 0 radical (unpaired) electrons. The van der Waals surface area contributed by atoms with Crippen molar-refractivity contribution in [1.82, 2.24) is 4.57 Å². The number of hydrogen-bond donors (Lipinski definition) is 2. The molecule has 32 heavy (non-hydrogen) atoms. The summed E-state index contributed by atoms with van der Waals surface area (Å²) in [4.78, 5) is 24.4. The smallest absolute Gasteiger partial charge is 0.286 e. The summed E-state index contributed by atoms with van der Waals surface area (Å²) in [6.07, 6.45) is 0.586. The number of nitrogens with one attached hydrogen (secondary N) is 1. The van der Waals surface area contributed by atoms with Crippen LogP contribution >= 0.6 is 0 Å². The largest absolute Gasteiger partial charge is 0.506 e. The second-order valence-corrected chi connectivity index (χ2v) is 9.40. The lowest BCUT2D eigenvalue weighted by atomic mass is 10.1. The number of aryl methyl sites for hydroxylation is 1. The Labute approximate surface area is 183 Å².